The minimum Gasteiger partial charge on any atom is -0.545 e. The van der Waals surface area contributed by atoms with Gasteiger partial charge in [0.05, 0.1) is 23.9 Å². The topological polar surface area (TPSA) is 161 Å². The van der Waals surface area contributed by atoms with E-state index < -0.39 is 23.9 Å². The normalized spacial score (nSPS) is 11.4. The molecule has 0 atom stereocenters. The zero-order chi connectivity index (χ0) is 30.4. The summed E-state index contributed by atoms with van der Waals surface area (Å²) in [6.45, 7) is 4.39. The molecule has 10 heteroatoms. The second-order valence-electron chi connectivity index (χ2n) is 9.74. The van der Waals surface area contributed by atoms with Crippen molar-refractivity contribution in [2.45, 2.75) is 129 Å². The average Bonchev–Trinajstić information content (AvgIpc) is 2.89. The molecule has 0 fully saturated rings. The molecular weight excluding hydrogens is 561 g/mol. The van der Waals surface area contributed by atoms with E-state index in [0.717, 1.165) is 38.5 Å². The van der Waals surface area contributed by atoms with Crippen molar-refractivity contribution in [1.82, 2.24) is 0 Å². The second-order valence-corrected chi connectivity index (χ2v) is 9.74. The molecule has 0 unspecified atom stereocenters. The van der Waals surface area contributed by atoms with Crippen molar-refractivity contribution in [3.8, 4) is 0 Å². The first kappa shape index (κ1) is 47.3. The Kier molecular flexibility index (Phi) is 40.1. The Labute approximate surface area is 285 Å². The molecule has 0 N–H and O–H groups in total. The number of aliphatic carboxylic acids is 4. The summed E-state index contributed by atoms with van der Waals surface area (Å²) in [5, 5.41) is 41.8. The van der Waals surface area contributed by atoms with Gasteiger partial charge < -0.3 is 39.6 Å². The first-order chi connectivity index (χ1) is 19.1. The molecule has 0 aliphatic heterocycles. The van der Waals surface area contributed by atoms with Gasteiger partial charge in [0.25, 0.3) is 0 Å². The van der Waals surface area contributed by atoms with Crippen LogP contribution in [0.5, 0.6) is 0 Å². The largest absolute Gasteiger partial charge is 2.00 e. The van der Waals surface area contributed by atoms with Crippen LogP contribution in [-0.4, -0.2) is 70.0 Å². The monoisotopic (exact) mass is 608 g/mol. The van der Waals surface area contributed by atoms with E-state index in [0.29, 0.717) is 12.2 Å². The predicted molar refractivity (Wildman–Crippen MR) is 160 cm³/mol. The van der Waals surface area contributed by atoms with E-state index in [9.17, 15) is 39.6 Å². The van der Waals surface area contributed by atoms with Crippen LogP contribution < -0.4 is 20.4 Å². The van der Waals surface area contributed by atoms with Gasteiger partial charge in [0.15, 0.2) is 0 Å². The molecule has 0 aromatic heterocycles. The molecule has 0 aromatic carbocycles. The molecule has 0 bridgehead atoms. The molecule has 0 radical (unpaired) electrons. The Bertz CT molecular complexity index is 764. The predicted octanol–water partition coefficient (Wildman–Crippen LogP) is 2.24. The summed E-state index contributed by atoms with van der Waals surface area (Å²) in [6, 6.07) is 0. The van der Waals surface area contributed by atoms with Gasteiger partial charge in [-0.1, -0.05) is 128 Å². The number of hydrogen-bond donors (Lipinski definition) is 0. The van der Waals surface area contributed by atoms with Crippen LogP contribution in [-0.2, 0) is 19.2 Å². The Morgan fingerprint density at radius 2 is 0.714 bits per heavy atom. The van der Waals surface area contributed by atoms with Crippen LogP contribution in [0.15, 0.2) is 47.6 Å². The number of allylic oxidation sites excluding steroid dienone is 2. The van der Waals surface area contributed by atoms with Gasteiger partial charge in [0, 0.05) is 0 Å². The number of carboxylic acids is 4. The van der Waals surface area contributed by atoms with E-state index >= 15 is 0 Å². The molecule has 228 valence electrons. The quantitative estimate of drug-likeness (QED) is 0.0697. The summed E-state index contributed by atoms with van der Waals surface area (Å²) < 4.78 is 0. The molecule has 0 aromatic rings. The zero-order valence-corrected chi connectivity index (χ0v) is 28.7. The number of carbonyl (C=O) groups excluding carboxylic acids is 4. The summed E-state index contributed by atoms with van der Waals surface area (Å²) in [5.74, 6) is -6.05. The fourth-order valence-corrected chi connectivity index (χ4v) is 3.82. The Hall–Kier alpha value is -1.63. The van der Waals surface area contributed by atoms with E-state index in [2.05, 4.69) is 13.8 Å². The first-order valence-electron chi connectivity index (χ1n) is 14.8. The maximum absolute atomic E-state index is 10.6. The van der Waals surface area contributed by atoms with Crippen molar-refractivity contribution in [1.29, 1.82) is 0 Å². The maximum Gasteiger partial charge on any atom is 2.00 e. The molecular formula is C32H48Mg2O8. The summed E-state index contributed by atoms with van der Waals surface area (Å²) in [7, 11) is 0. The smallest absolute Gasteiger partial charge is 0.545 e. The van der Waals surface area contributed by atoms with Gasteiger partial charge in [0.2, 0.25) is 0 Å². The first-order valence-corrected chi connectivity index (χ1v) is 14.8. The maximum atomic E-state index is 10.6. The van der Waals surface area contributed by atoms with Gasteiger partial charge in [-0.05, 0) is 49.0 Å². The summed E-state index contributed by atoms with van der Waals surface area (Å²) in [6.07, 6.45) is 27.8. The Balaban J connectivity index is -0.000000328. The van der Waals surface area contributed by atoms with Crippen molar-refractivity contribution < 1.29 is 39.6 Å². The molecule has 0 spiro atoms. The molecule has 0 heterocycles. The van der Waals surface area contributed by atoms with Crippen molar-refractivity contribution in [3.63, 3.8) is 0 Å². The third-order valence-corrected chi connectivity index (χ3v) is 6.06. The number of rotatable bonds is 24. The molecule has 0 aliphatic carbocycles. The van der Waals surface area contributed by atoms with Gasteiger partial charge >= 0.3 is 46.1 Å². The molecule has 0 rings (SSSR count). The van der Waals surface area contributed by atoms with Gasteiger partial charge in [-0.2, -0.15) is 0 Å². The van der Waals surface area contributed by atoms with Crippen LogP contribution in [0.2, 0.25) is 0 Å². The second kappa shape index (κ2) is 35.6. The van der Waals surface area contributed by atoms with Crippen molar-refractivity contribution >= 4 is 70.0 Å². The fraction of sp³-hybridized carbons (Fsp3) is 0.625. The summed E-state index contributed by atoms with van der Waals surface area (Å²) >= 11 is 0. The van der Waals surface area contributed by atoms with E-state index in [4.69, 9.17) is 0 Å². The average molecular weight is 609 g/mol. The van der Waals surface area contributed by atoms with E-state index in [1.807, 2.05) is 0 Å². The molecule has 42 heavy (non-hydrogen) atoms. The number of carboxylic acid groups (broad SMARTS) is 4. The summed E-state index contributed by atoms with van der Waals surface area (Å²) in [4.78, 5) is 41.8. The third kappa shape index (κ3) is 36.4. The number of unbranched alkanes of at least 4 members (excludes halogenated alkanes) is 16. The van der Waals surface area contributed by atoms with Gasteiger partial charge in [-0.15, -0.1) is 0 Å². The molecule has 0 aliphatic rings. The number of carbonyl (C=O) groups is 4. The van der Waals surface area contributed by atoms with E-state index in [1.165, 1.54) is 89.2 Å². The number of hydrogen-bond acceptors (Lipinski definition) is 8. The molecule has 0 saturated heterocycles. The zero-order valence-electron chi connectivity index (χ0n) is 25.9. The van der Waals surface area contributed by atoms with Crippen LogP contribution in [0.3, 0.4) is 0 Å². The van der Waals surface area contributed by atoms with Crippen LogP contribution in [0, 0.1) is 0 Å². The van der Waals surface area contributed by atoms with E-state index in [1.54, 1.807) is 12.2 Å². The van der Waals surface area contributed by atoms with Crippen LogP contribution in [0.25, 0.3) is 0 Å². The van der Waals surface area contributed by atoms with Gasteiger partial charge in [0.1, 0.15) is 0 Å². The van der Waals surface area contributed by atoms with Crippen molar-refractivity contribution in [2.24, 2.45) is 0 Å². The third-order valence-electron chi connectivity index (χ3n) is 6.06. The fourth-order valence-electron chi connectivity index (χ4n) is 3.82. The van der Waals surface area contributed by atoms with E-state index in [-0.39, 0.29) is 57.3 Å². The standard InChI is InChI=1S/2C16H26O4.2Mg/c2*1-2-3-4-5-6-7-8-9-10-11-12-14(16(19)20)13-15(17)18;;/h2*11-13H,2-10H2,1H3,(H,17,18)(H,19,20);;/q;;2*+2/p-4/b2*12-11+,14-13-;;. The van der Waals surface area contributed by atoms with Gasteiger partial charge in [-0.3, -0.25) is 0 Å². The van der Waals surface area contributed by atoms with Crippen molar-refractivity contribution in [2.75, 3.05) is 0 Å². The van der Waals surface area contributed by atoms with Crippen LogP contribution in [0.1, 0.15) is 129 Å². The molecule has 8 nitrogen and oxygen atoms in total. The Morgan fingerprint density at radius 1 is 0.452 bits per heavy atom. The SMILES string of the molecule is CCCCCCCCCC/C=C/C(=C/C(=O)[O-])C(=O)[O-].CCCCCCCCCC/C=C/C(=C/C(=O)[O-])C(=O)[O-].[Mg+2].[Mg+2]. The van der Waals surface area contributed by atoms with Gasteiger partial charge in [-0.25, -0.2) is 0 Å². The minimum absolute atomic E-state index is 0. The Morgan fingerprint density at radius 3 is 0.952 bits per heavy atom. The molecule has 0 saturated carbocycles. The van der Waals surface area contributed by atoms with Crippen molar-refractivity contribution in [3.05, 3.63) is 47.6 Å². The summed E-state index contributed by atoms with van der Waals surface area (Å²) in [5.41, 5.74) is -0.714. The minimum atomic E-state index is -1.53. The van der Waals surface area contributed by atoms with Crippen LogP contribution in [0.4, 0.5) is 0 Å². The van der Waals surface area contributed by atoms with Crippen LogP contribution >= 0.6 is 0 Å². The molecule has 0 amide bonds.